The SMILES string of the molecule is CCC(NC(=O)c1cc2c(s1)C1(CCN(C(C)=O)CC1)OCC2)C(=O)OC. The average Bonchev–Trinajstić information content (AvgIpc) is 3.12. The van der Waals surface area contributed by atoms with Crippen molar-refractivity contribution in [3.05, 3.63) is 21.4 Å². The highest BCUT2D eigenvalue weighted by Gasteiger charge is 2.43. The van der Waals surface area contributed by atoms with E-state index < -0.39 is 17.6 Å². The van der Waals surface area contributed by atoms with Crippen LogP contribution >= 0.6 is 11.3 Å². The number of carbonyl (C=O) groups is 3. The summed E-state index contributed by atoms with van der Waals surface area (Å²) in [5.74, 6) is -0.618. The Kier molecular flexibility index (Phi) is 5.86. The lowest BCUT2D eigenvalue weighted by Gasteiger charge is -2.43. The highest BCUT2D eigenvalue weighted by atomic mass is 32.1. The molecular weight excluding hydrogens is 368 g/mol. The van der Waals surface area contributed by atoms with Crippen molar-refractivity contribution in [2.45, 2.75) is 51.2 Å². The molecule has 1 aromatic rings. The molecule has 7 nitrogen and oxygen atoms in total. The van der Waals surface area contributed by atoms with E-state index in [0.717, 1.165) is 29.7 Å². The molecule has 3 rings (SSSR count). The molecule has 1 spiro atoms. The molecule has 1 atom stereocenters. The molecule has 2 amide bonds. The molecule has 1 saturated heterocycles. The number of piperidine rings is 1. The minimum Gasteiger partial charge on any atom is -0.467 e. The summed E-state index contributed by atoms with van der Waals surface area (Å²) < 4.78 is 10.9. The van der Waals surface area contributed by atoms with Gasteiger partial charge >= 0.3 is 5.97 Å². The fraction of sp³-hybridized carbons (Fsp3) is 0.632. The summed E-state index contributed by atoms with van der Waals surface area (Å²) in [6.45, 7) is 5.35. The number of methoxy groups -OCH3 is 1. The molecule has 0 radical (unpaired) electrons. The van der Waals surface area contributed by atoms with Gasteiger partial charge in [-0.05, 0) is 37.3 Å². The van der Waals surface area contributed by atoms with Crippen LogP contribution in [0, 0.1) is 0 Å². The summed E-state index contributed by atoms with van der Waals surface area (Å²) in [7, 11) is 1.31. The van der Waals surface area contributed by atoms with Gasteiger partial charge in [0.2, 0.25) is 5.91 Å². The van der Waals surface area contributed by atoms with Gasteiger partial charge in [0, 0.05) is 24.9 Å². The maximum absolute atomic E-state index is 12.7. The van der Waals surface area contributed by atoms with Gasteiger partial charge in [-0.3, -0.25) is 9.59 Å². The van der Waals surface area contributed by atoms with Crippen molar-refractivity contribution >= 4 is 29.1 Å². The third-order valence-corrected chi connectivity index (χ3v) is 6.77. The predicted molar refractivity (Wildman–Crippen MR) is 101 cm³/mol. The van der Waals surface area contributed by atoms with Crippen LogP contribution in [0.5, 0.6) is 0 Å². The van der Waals surface area contributed by atoms with E-state index in [-0.39, 0.29) is 11.8 Å². The summed E-state index contributed by atoms with van der Waals surface area (Å²) in [4.78, 5) is 39.5. The van der Waals surface area contributed by atoms with Gasteiger partial charge in [-0.2, -0.15) is 0 Å². The van der Waals surface area contributed by atoms with Crippen molar-refractivity contribution < 1.29 is 23.9 Å². The normalized spacial score (nSPS) is 19.3. The first-order valence-electron chi connectivity index (χ1n) is 9.31. The molecule has 0 saturated carbocycles. The van der Waals surface area contributed by atoms with Crippen molar-refractivity contribution in [3.63, 3.8) is 0 Å². The summed E-state index contributed by atoms with van der Waals surface area (Å²) in [5, 5.41) is 2.76. The average molecular weight is 394 g/mol. The maximum atomic E-state index is 12.7. The molecule has 2 aliphatic rings. The number of esters is 1. The molecule has 1 unspecified atom stereocenters. The van der Waals surface area contributed by atoms with Gasteiger partial charge in [0.15, 0.2) is 0 Å². The number of amides is 2. The number of ether oxygens (including phenoxy) is 2. The Bertz CT molecular complexity index is 736. The summed E-state index contributed by atoms with van der Waals surface area (Å²) in [5.41, 5.74) is 0.730. The van der Waals surface area contributed by atoms with Crippen LogP contribution in [0.1, 0.15) is 53.2 Å². The topological polar surface area (TPSA) is 84.9 Å². The molecule has 8 heteroatoms. The number of fused-ring (bicyclic) bond motifs is 2. The molecule has 0 bridgehead atoms. The van der Waals surface area contributed by atoms with E-state index in [9.17, 15) is 14.4 Å². The van der Waals surface area contributed by atoms with Gasteiger partial charge in [-0.25, -0.2) is 4.79 Å². The van der Waals surface area contributed by atoms with Crippen LogP contribution in [0.25, 0.3) is 0 Å². The number of hydrogen-bond donors (Lipinski definition) is 1. The second-order valence-corrected chi connectivity index (χ2v) is 8.07. The number of hydrogen-bond acceptors (Lipinski definition) is 6. The highest BCUT2D eigenvalue weighted by molar-refractivity contribution is 7.14. The zero-order valence-electron chi connectivity index (χ0n) is 16.0. The molecule has 1 aromatic heterocycles. The smallest absolute Gasteiger partial charge is 0.328 e. The van der Waals surface area contributed by atoms with Gasteiger partial charge in [0.05, 0.1) is 18.6 Å². The predicted octanol–water partition coefficient (Wildman–Crippen LogP) is 1.84. The Morgan fingerprint density at radius 1 is 1.37 bits per heavy atom. The fourth-order valence-corrected chi connectivity index (χ4v) is 5.10. The van der Waals surface area contributed by atoms with Crippen molar-refractivity contribution in [3.8, 4) is 0 Å². The Hall–Kier alpha value is -1.93. The van der Waals surface area contributed by atoms with Gasteiger partial charge in [0.1, 0.15) is 11.6 Å². The van der Waals surface area contributed by atoms with Gasteiger partial charge in [-0.1, -0.05) is 6.92 Å². The quantitative estimate of drug-likeness (QED) is 0.788. The third-order valence-electron chi connectivity index (χ3n) is 5.41. The molecule has 1 fully saturated rings. The van der Waals surface area contributed by atoms with E-state index in [1.165, 1.54) is 18.4 Å². The Labute approximate surface area is 163 Å². The van der Waals surface area contributed by atoms with Crippen LogP contribution in [0.4, 0.5) is 0 Å². The third kappa shape index (κ3) is 3.87. The van der Waals surface area contributed by atoms with Crippen LogP contribution in [-0.4, -0.2) is 55.5 Å². The minimum absolute atomic E-state index is 0.0838. The number of nitrogens with zero attached hydrogens (tertiary/aromatic N) is 1. The summed E-state index contributed by atoms with van der Waals surface area (Å²) in [6.07, 6.45) is 2.71. The number of thiophene rings is 1. The minimum atomic E-state index is -0.648. The van der Waals surface area contributed by atoms with Crippen molar-refractivity contribution in [2.75, 3.05) is 26.8 Å². The lowest BCUT2D eigenvalue weighted by molar-refractivity contribution is -0.143. The van der Waals surface area contributed by atoms with E-state index in [1.807, 2.05) is 17.9 Å². The van der Waals surface area contributed by atoms with Gasteiger partial charge in [0.25, 0.3) is 5.91 Å². The molecule has 1 N–H and O–H groups in total. The number of rotatable bonds is 4. The van der Waals surface area contributed by atoms with E-state index >= 15 is 0 Å². The Balaban J connectivity index is 1.79. The second kappa shape index (κ2) is 7.98. The fourth-order valence-electron chi connectivity index (χ4n) is 3.79. The number of carbonyl (C=O) groups excluding carboxylic acids is 3. The molecular formula is C19H26N2O5S. The first kappa shape index (κ1) is 19.8. The van der Waals surface area contributed by atoms with Crippen LogP contribution < -0.4 is 5.32 Å². The number of nitrogens with one attached hydrogen (secondary N) is 1. The Morgan fingerprint density at radius 3 is 2.67 bits per heavy atom. The molecule has 2 aliphatic heterocycles. The van der Waals surface area contributed by atoms with E-state index in [4.69, 9.17) is 9.47 Å². The first-order chi connectivity index (χ1) is 12.9. The second-order valence-electron chi connectivity index (χ2n) is 7.02. The van der Waals surface area contributed by atoms with Crippen LogP contribution in [0.2, 0.25) is 0 Å². The molecule has 3 heterocycles. The maximum Gasteiger partial charge on any atom is 0.328 e. The Morgan fingerprint density at radius 2 is 2.07 bits per heavy atom. The van der Waals surface area contributed by atoms with Crippen molar-refractivity contribution in [1.82, 2.24) is 10.2 Å². The summed E-state index contributed by atoms with van der Waals surface area (Å²) >= 11 is 1.44. The van der Waals surface area contributed by atoms with Crippen molar-refractivity contribution in [1.29, 1.82) is 0 Å². The zero-order chi connectivity index (χ0) is 19.6. The van der Waals surface area contributed by atoms with Crippen LogP contribution in [-0.2, 0) is 31.1 Å². The van der Waals surface area contributed by atoms with Crippen LogP contribution in [0.15, 0.2) is 6.07 Å². The van der Waals surface area contributed by atoms with Crippen LogP contribution in [0.3, 0.4) is 0 Å². The number of likely N-dealkylation sites (tertiary alicyclic amines) is 1. The monoisotopic (exact) mass is 394 g/mol. The lowest BCUT2D eigenvalue weighted by atomic mass is 9.85. The van der Waals surface area contributed by atoms with E-state index in [0.29, 0.717) is 31.0 Å². The standard InChI is InChI=1S/C19H26N2O5S/c1-4-14(18(24)25-3)20-17(23)15-11-13-5-10-26-19(16(13)27-15)6-8-21(9-7-19)12(2)22/h11,14H,4-10H2,1-3H3,(H,20,23). The molecule has 0 aliphatic carbocycles. The zero-order valence-corrected chi connectivity index (χ0v) is 16.8. The highest BCUT2D eigenvalue weighted by Crippen LogP contribution is 2.45. The first-order valence-corrected chi connectivity index (χ1v) is 10.1. The van der Waals surface area contributed by atoms with Crippen molar-refractivity contribution in [2.24, 2.45) is 0 Å². The van der Waals surface area contributed by atoms with Gasteiger partial charge < -0.3 is 19.7 Å². The summed E-state index contributed by atoms with van der Waals surface area (Å²) in [6, 6.07) is 1.27. The van der Waals surface area contributed by atoms with E-state index in [1.54, 1.807) is 6.92 Å². The lowest BCUT2D eigenvalue weighted by Crippen LogP contribution is -2.47. The van der Waals surface area contributed by atoms with E-state index in [2.05, 4.69) is 5.32 Å². The molecule has 27 heavy (non-hydrogen) atoms. The van der Waals surface area contributed by atoms with Gasteiger partial charge in [-0.15, -0.1) is 11.3 Å². The molecule has 148 valence electrons. The largest absolute Gasteiger partial charge is 0.467 e. The molecule has 0 aromatic carbocycles.